The van der Waals surface area contributed by atoms with Gasteiger partial charge in [0, 0.05) is 37.9 Å². The van der Waals surface area contributed by atoms with E-state index < -0.39 is 5.97 Å². The second-order valence-electron chi connectivity index (χ2n) is 6.38. The van der Waals surface area contributed by atoms with Gasteiger partial charge in [-0.1, -0.05) is 54.6 Å². The molecular formula is C25H17IrN2O2-. The van der Waals surface area contributed by atoms with Gasteiger partial charge in [-0.2, -0.15) is 0 Å². The number of fused-ring (bicyclic) bond motifs is 2. The van der Waals surface area contributed by atoms with E-state index in [0.717, 1.165) is 16.6 Å². The second-order valence-corrected chi connectivity index (χ2v) is 6.38. The molecule has 1 radical (unpaired) electrons. The molecule has 0 aliphatic heterocycles. The topological polar surface area (TPSA) is 63.1 Å². The van der Waals surface area contributed by atoms with Crippen LogP contribution in [0.25, 0.3) is 32.8 Å². The van der Waals surface area contributed by atoms with Crippen LogP contribution in [-0.4, -0.2) is 21.0 Å². The number of aromatic carboxylic acids is 1. The minimum atomic E-state index is -0.989. The SMILES string of the molecule is O=C(O)c1nccc2ccccc12.[Ir].[c-]1ccccc1-c1cc2ccccc2cn1. The van der Waals surface area contributed by atoms with E-state index in [-0.39, 0.29) is 25.8 Å². The molecule has 0 saturated heterocycles. The number of carboxylic acid groups (broad SMARTS) is 1. The van der Waals surface area contributed by atoms with Gasteiger partial charge in [0.1, 0.15) is 0 Å². The van der Waals surface area contributed by atoms with Crippen molar-refractivity contribution < 1.29 is 30.0 Å². The molecular weight excluding hydrogens is 553 g/mol. The van der Waals surface area contributed by atoms with Gasteiger partial charge >= 0.3 is 5.97 Å². The first-order valence-electron chi connectivity index (χ1n) is 9.11. The molecule has 149 valence electrons. The molecule has 0 atom stereocenters. The summed E-state index contributed by atoms with van der Waals surface area (Å²) < 4.78 is 0. The molecule has 0 amide bonds. The van der Waals surface area contributed by atoms with Crippen LogP contribution in [0.2, 0.25) is 0 Å². The summed E-state index contributed by atoms with van der Waals surface area (Å²) in [5.74, 6) is -0.989. The quantitative estimate of drug-likeness (QED) is 0.280. The number of carboxylic acids is 1. The number of pyridine rings is 2. The molecule has 2 heterocycles. The third-order valence-electron chi connectivity index (χ3n) is 4.49. The number of rotatable bonds is 2. The Labute approximate surface area is 187 Å². The molecule has 5 aromatic rings. The van der Waals surface area contributed by atoms with E-state index in [1.54, 1.807) is 18.2 Å². The van der Waals surface area contributed by atoms with Crippen LogP contribution in [0.4, 0.5) is 0 Å². The van der Waals surface area contributed by atoms with Crippen LogP contribution in [0, 0.1) is 6.07 Å². The average molecular weight is 570 g/mol. The van der Waals surface area contributed by atoms with Crippen molar-refractivity contribution in [2.24, 2.45) is 0 Å². The third kappa shape index (κ3) is 4.77. The molecule has 4 nitrogen and oxygen atoms in total. The van der Waals surface area contributed by atoms with E-state index in [4.69, 9.17) is 5.11 Å². The number of nitrogens with zero attached hydrogens (tertiary/aromatic N) is 2. The van der Waals surface area contributed by atoms with Gasteiger partial charge in [-0.25, -0.2) is 9.78 Å². The zero-order chi connectivity index (χ0) is 20.1. The Bertz CT molecular complexity index is 1280. The van der Waals surface area contributed by atoms with Crippen molar-refractivity contribution in [1.82, 2.24) is 9.97 Å². The summed E-state index contributed by atoms with van der Waals surface area (Å²) in [7, 11) is 0. The Hall–Kier alpha value is -3.40. The smallest absolute Gasteiger partial charge is 0.355 e. The summed E-state index contributed by atoms with van der Waals surface area (Å²) in [4.78, 5) is 19.0. The predicted molar refractivity (Wildman–Crippen MR) is 115 cm³/mol. The Morgan fingerprint density at radius 2 is 1.50 bits per heavy atom. The fraction of sp³-hybridized carbons (Fsp3) is 0. The van der Waals surface area contributed by atoms with Gasteiger partial charge in [-0.05, 0) is 27.9 Å². The first kappa shape index (κ1) is 21.3. The van der Waals surface area contributed by atoms with Crippen molar-refractivity contribution in [3.8, 4) is 11.3 Å². The van der Waals surface area contributed by atoms with Crippen LogP contribution in [0.5, 0.6) is 0 Å². The zero-order valence-electron chi connectivity index (χ0n) is 15.8. The van der Waals surface area contributed by atoms with Crippen molar-refractivity contribution >= 4 is 27.5 Å². The molecule has 1 N–H and O–H groups in total. The monoisotopic (exact) mass is 570 g/mol. The Morgan fingerprint density at radius 3 is 2.23 bits per heavy atom. The molecule has 0 spiro atoms. The summed E-state index contributed by atoms with van der Waals surface area (Å²) in [5.41, 5.74) is 2.12. The molecule has 0 fully saturated rings. The van der Waals surface area contributed by atoms with Crippen LogP contribution in [0.1, 0.15) is 10.5 Å². The summed E-state index contributed by atoms with van der Waals surface area (Å²) in [5, 5.41) is 12.8. The Balaban J connectivity index is 0.000000169. The predicted octanol–water partition coefficient (Wildman–Crippen LogP) is 5.63. The minimum absolute atomic E-state index is 0. The first-order chi connectivity index (χ1) is 14.2. The molecule has 0 aliphatic rings. The summed E-state index contributed by atoms with van der Waals surface area (Å²) >= 11 is 0. The fourth-order valence-corrected chi connectivity index (χ4v) is 3.07. The number of aromatic nitrogens is 2. The molecule has 5 rings (SSSR count). The van der Waals surface area contributed by atoms with Crippen molar-refractivity contribution in [3.63, 3.8) is 0 Å². The second kappa shape index (κ2) is 9.88. The molecule has 5 heteroatoms. The summed E-state index contributed by atoms with van der Waals surface area (Å²) in [6, 6.07) is 30.5. The zero-order valence-corrected chi connectivity index (χ0v) is 18.2. The average Bonchev–Trinajstić information content (AvgIpc) is 2.79. The Kier molecular flexibility index (Phi) is 7.02. The molecule has 0 bridgehead atoms. The molecule has 30 heavy (non-hydrogen) atoms. The number of benzene rings is 3. The molecule has 0 saturated carbocycles. The van der Waals surface area contributed by atoms with Gasteiger partial charge in [0.05, 0.1) is 0 Å². The van der Waals surface area contributed by atoms with Crippen molar-refractivity contribution in [3.05, 3.63) is 109 Å². The normalized spacial score (nSPS) is 10.0. The third-order valence-corrected chi connectivity index (χ3v) is 4.49. The van der Waals surface area contributed by atoms with Gasteiger partial charge in [-0.15, -0.1) is 35.9 Å². The van der Waals surface area contributed by atoms with Crippen LogP contribution in [0.3, 0.4) is 0 Å². The van der Waals surface area contributed by atoms with Crippen molar-refractivity contribution in [1.29, 1.82) is 0 Å². The van der Waals surface area contributed by atoms with Crippen LogP contribution in [0.15, 0.2) is 97.3 Å². The maximum absolute atomic E-state index is 10.8. The van der Waals surface area contributed by atoms with Gasteiger partial charge in [0.15, 0.2) is 5.69 Å². The van der Waals surface area contributed by atoms with Gasteiger partial charge in [0.2, 0.25) is 0 Å². The summed E-state index contributed by atoms with van der Waals surface area (Å²) in [6.07, 6.45) is 3.41. The number of hydrogen-bond acceptors (Lipinski definition) is 3. The Morgan fingerprint density at radius 1 is 0.800 bits per heavy atom. The van der Waals surface area contributed by atoms with Gasteiger partial charge in [0.25, 0.3) is 0 Å². The fourth-order valence-electron chi connectivity index (χ4n) is 3.07. The molecule has 0 unspecified atom stereocenters. The van der Waals surface area contributed by atoms with Gasteiger partial charge in [-0.3, -0.25) is 0 Å². The van der Waals surface area contributed by atoms with E-state index >= 15 is 0 Å². The number of hydrogen-bond donors (Lipinski definition) is 1. The van der Waals surface area contributed by atoms with E-state index in [0.29, 0.717) is 5.39 Å². The maximum atomic E-state index is 10.8. The van der Waals surface area contributed by atoms with Crippen LogP contribution in [-0.2, 0) is 20.1 Å². The maximum Gasteiger partial charge on any atom is 0.355 e. The van der Waals surface area contributed by atoms with Crippen molar-refractivity contribution in [2.45, 2.75) is 0 Å². The van der Waals surface area contributed by atoms with E-state index in [9.17, 15) is 4.79 Å². The standard InChI is InChI=1S/C15H10N.C10H7NO2.Ir/c1-2-6-12(7-3-1)15-10-13-8-4-5-9-14(13)11-16-15;12-10(13)9-8-4-2-1-3-7(8)5-6-11-9;/h1-6,8-11H;1-6H,(H,12,13);/q-1;;. The van der Waals surface area contributed by atoms with Gasteiger partial charge < -0.3 is 10.1 Å². The number of carbonyl (C=O) groups is 1. The molecule has 3 aromatic carbocycles. The van der Waals surface area contributed by atoms with E-state index in [1.165, 1.54) is 17.0 Å². The largest absolute Gasteiger partial charge is 0.476 e. The van der Waals surface area contributed by atoms with Crippen LogP contribution >= 0.6 is 0 Å². The van der Waals surface area contributed by atoms with E-state index in [1.807, 2.05) is 54.7 Å². The molecule has 0 aliphatic carbocycles. The summed E-state index contributed by atoms with van der Waals surface area (Å²) in [6.45, 7) is 0. The molecule has 2 aromatic heterocycles. The minimum Gasteiger partial charge on any atom is -0.476 e. The van der Waals surface area contributed by atoms with Crippen molar-refractivity contribution in [2.75, 3.05) is 0 Å². The first-order valence-corrected chi connectivity index (χ1v) is 9.11. The van der Waals surface area contributed by atoms with E-state index in [2.05, 4.69) is 34.2 Å². The van der Waals surface area contributed by atoms with Crippen LogP contribution < -0.4 is 0 Å².